The predicted molar refractivity (Wildman–Crippen MR) is 108 cm³/mol. The number of ether oxygens (including phenoxy) is 6. The molecule has 0 unspecified atom stereocenters. The van der Waals surface area contributed by atoms with Crippen LogP contribution in [0.1, 0.15) is 11.1 Å². The van der Waals surface area contributed by atoms with Crippen LogP contribution in [0, 0.1) is 0 Å². The van der Waals surface area contributed by atoms with Gasteiger partial charge in [0.2, 0.25) is 0 Å². The van der Waals surface area contributed by atoms with Crippen molar-refractivity contribution in [1.82, 2.24) is 0 Å². The average molecular weight is 398 g/mol. The summed E-state index contributed by atoms with van der Waals surface area (Å²) in [5, 5.41) is 0. The van der Waals surface area contributed by atoms with Gasteiger partial charge in [-0.3, -0.25) is 0 Å². The topological polar surface area (TPSA) is 72.5 Å². The molecule has 0 radical (unpaired) electrons. The second-order valence-electron chi connectivity index (χ2n) is 6.01. The van der Waals surface area contributed by atoms with E-state index in [1.807, 2.05) is 0 Å². The predicted octanol–water partition coefficient (Wildman–Crippen LogP) is 3.71. The summed E-state index contributed by atoms with van der Waals surface area (Å²) in [5.41, 5.74) is 1.65. The fourth-order valence-electron chi connectivity index (χ4n) is 2.95. The number of hydrogen-bond acceptors (Lipinski definition) is 7. The van der Waals surface area contributed by atoms with Crippen molar-refractivity contribution < 1.29 is 33.2 Å². The lowest BCUT2D eigenvalue weighted by atomic mass is 10.1. The van der Waals surface area contributed by atoms with Crippen molar-refractivity contribution in [3.05, 3.63) is 53.1 Å². The summed E-state index contributed by atoms with van der Waals surface area (Å²) in [6.45, 7) is 0. The zero-order chi connectivity index (χ0) is 21.0. The normalized spacial score (nSPS) is 14.3. The smallest absolute Gasteiger partial charge is 0.343 e. The fraction of sp³-hybridized carbons (Fsp3) is 0.227. The quantitative estimate of drug-likeness (QED) is 0.520. The maximum atomic E-state index is 12.5. The summed E-state index contributed by atoms with van der Waals surface area (Å²) in [7, 11) is 7.73. The highest BCUT2D eigenvalue weighted by Crippen LogP contribution is 2.38. The monoisotopic (exact) mass is 398 g/mol. The van der Waals surface area contributed by atoms with Gasteiger partial charge in [-0.2, -0.15) is 0 Å². The SMILES string of the molecule is COc1cc(OC)c(/C=C2\C=C(c3ccc(OC)c(OC)c3)OC2=O)c(OC)c1. The lowest BCUT2D eigenvalue weighted by molar-refractivity contribution is -0.130. The van der Waals surface area contributed by atoms with E-state index in [-0.39, 0.29) is 0 Å². The van der Waals surface area contributed by atoms with E-state index >= 15 is 0 Å². The van der Waals surface area contributed by atoms with Gasteiger partial charge in [0.25, 0.3) is 0 Å². The van der Waals surface area contributed by atoms with Crippen LogP contribution in [0.25, 0.3) is 11.8 Å². The first-order valence-electron chi connectivity index (χ1n) is 8.72. The lowest BCUT2D eigenvalue weighted by Gasteiger charge is -2.12. The number of carbonyl (C=O) groups excluding carboxylic acids is 1. The molecule has 0 atom stereocenters. The maximum Gasteiger partial charge on any atom is 0.343 e. The molecule has 7 nitrogen and oxygen atoms in total. The summed E-state index contributed by atoms with van der Waals surface area (Å²) in [6, 6.07) is 8.72. The highest BCUT2D eigenvalue weighted by molar-refractivity contribution is 6.05. The number of esters is 1. The first-order chi connectivity index (χ1) is 14.0. The molecule has 0 spiro atoms. The van der Waals surface area contributed by atoms with E-state index in [1.54, 1.807) is 63.8 Å². The summed E-state index contributed by atoms with van der Waals surface area (Å²) >= 11 is 0. The third kappa shape index (κ3) is 3.99. The molecule has 0 bridgehead atoms. The van der Waals surface area contributed by atoms with Crippen LogP contribution in [-0.2, 0) is 9.53 Å². The molecule has 1 heterocycles. The molecule has 29 heavy (non-hydrogen) atoms. The second kappa shape index (κ2) is 8.60. The number of methoxy groups -OCH3 is 5. The first-order valence-corrected chi connectivity index (χ1v) is 8.72. The van der Waals surface area contributed by atoms with Crippen LogP contribution in [-0.4, -0.2) is 41.5 Å². The highest BCUT2D eigenvalue weighted by atomic mass is 16.5. The summed E-state index contributed by atoms with van der Waals surface area (Å²) in [5.74, 6) is 2.66. The van der Waals surface area contributed by atoms with Crippen LogP contribution in [0.4, 0.5) is 0 Å². The molecule has 1 aliphatic rings. The zero-order valence-electron chi connectivity index (χ0n) is 16.9. The molecule has 0 amide bonds. The summed E-state index contributed by atoms with van der Waals surface area (Å²) < 4.78 is 32.1. The molecule has 0 saturated carbocycles. The Kier molecular flexibility index (Phi) is 5.97. The highest BCUT2D eigenvalue weighted by Gasteiger charge is 2.24. The van der Waals surface area contributed by atoms with Gasteiger partial charge in [0, 0.05) is 17.7 Å². The minimum atomic E-state index is -0.477. The Morgan fingerprint density at radius 1 is 0.759 bits per heavy atom. The Balaban J connectivity index is 2.04. The van der Waals surface area contributed by atoms with Gasteiger partial charge in [-0.05, 0) is 30.4 Å². The molecule has 1 aliphatic heterocycles. The standard InChI is InChI=1S/C22H22O7/c1-24-15-11-19(26-3)16(20(12-15)27-4)8-14-10-18(29-22(14)23)13-6-7-17(25-2)21(9-13)28-5/h6-12H,1-5H3/b14-8+. The van der Waals surface area contributed by atoms with Crippen molar-refractivity contribution in [2.75, 3.05) is 35.5 Å². The van der Waals surface area contributed by atoms with Crippen molar-refractivity contribution in [3.8, 4) is 28.7 Å². The molecule has 0 aliphatic carbocycles. The number of carbonyl (C=O) groups is 1. The van der Waals surface area contributed by atoms with Crippen molar-refractivity contribution in [3.63, 3.8) is 0 Å². The minimum absolute atomic E-state index is 0.358. The maximum absolute atomic E-state index is 12.5. The van der Waals surface area contributed by atoms with Crippen LogP contribution in [0.3, 0.4) is 0 Å². The molecule has 0 fully saturated rings. The van der Waals surface area contributed by atoms with E-state index in [4.69, 9.17) is 28.4 Å². The number of cyclic esters (lactones) is 1. The number of hydrogen-bond donors (Lipinski definition) is 0. The molecule has 0 N–H and O–H groups in total. The summed E-state index contributed by atoms with van der Waals surface area (Å²) in [6.07, 6.45) is 3.32. The Labute approximate surface area is 169 Å². The van der Waals surface area contributed by atoms with Crippen LogP contribution < -0.4 is 23.7 Å². The van der Waals surface area contributed by atoms with Crippen molar-refractivity contribution in [1.29, 1.82) is 0 Å². The van der Waals surface area contributed by atoms with E-state index in [0.717, 1.165) is 0 Å². The number of benzene rings is 2. The third-order valence-corrected chi connectivity index (χ3v) is 4.45. The van der Waals surface area contributed by atoms with Crippen molar-refractivity contribution >= 4 is 17.8 Å². The first kappa shape index (κ1) is 20.1. The van der Waals surface area contributed by atoms with Gasteiger partial charge in [-0.25, -0.2) is 4.79 Å². The van der Waals surface area contributed by atoms with E-state index < -0.39 is 5.97 Å². The van der Waals surface area contributed by atoms with E-state index in [1.165, 1.54) is 14.2 Å². The Morgan fingerprint density at radius 3 is 1.93 bits per heavy atom. The van der Waals surface area contributed by atoms with Crippen LogP contribution in [0.2, 0.25) is 0 Å². The van der Waals surface area contributed by atoms with Gasteiger partial charge >= 0.3 is 5.97 Å². The molecular weight excluding hydrogens is 376 g/mol. The van der Waals surface area contributed by atoms with Crippen molar-refractivity contribution in [2.45, 2.75) is 0 Å². The van der Waals surface area contributed by atoms with Crippen LogP contribution in [0.15, 0.2) is 42.0 Å². The average Bonchev–Trinajstić information content (AvgIpc) is 3.13. The lowest BCUT2D eigenvalue weighted by Crippen LogP contribution is -1.99. The van der Waals surface area contributed by atoms with Crippen LogP contribution >= 0.6 is 0 Å². The van der Waals surface area contributed by atoms with Gasteiger partial charge in [0.15, 0.2) is 11.5 Å². The van der Waals surface area contributed by atoms with Crippen molar-refractivity contribution in [2.24, 2.45) is 0 Å². The van der Waals surface area contributed by atoms with Gasteiger partial charge in [-0.15, -0.1) is 0 Å². The van der Waals surface area contributed by atoms with E-state index in [2.05, 4.69) is 0 Å². The Hall–Kier alpha value is -3.61. The molecule has 3 rings (SSSR count). The molecule has 7 heteroatoms. The molecular formula is C22H22O7. The summed E-state index contributed by atoms with van der Waals surface area (Å²) in [4.78, 5) is 12.5. The van der Waals surface area contributed by atoms with E-state index in [9.17, 15) is 4.79 Å². The molecule has 0 saturated heterocycles. The minimum Gasteiger partial charge on any atom is -0.496 e. The second-order valence-corrected chi connectivity index (χ2v) is 6.01. The van der Waals surface area contributed by atoms with E-state index in [0.29, 0.717) is 51.2 Å². The largest absolute Gasteiger partial charge is 0.496 e. The molecule has 2 aromatic carbocycles. The van der Waals surface area contributed by atoms with Gasteiger partial charge in [0.1, 0.15) is 23.0 Å². The Bertz CT molecular complexity index is 964. The van der Waals surface area contributed by atoms with Gasteiger partial charge < -0.3 is 28.4 Å². The fourth-order valence-corrected chi connectivity index (χ4v) is 2.95. The van der Waals surface area contributed by atoms with Crippen LogP contribution in [0.5, 0.6) is 28.7 Å². The molecule has 152 valence electrons. The number of rotatable bonds is 7. The van der Waals surface area contributed by atoms with Gasteiger partial charge in [0.05, 0.1) is 46.7 Å². The van der Waals surface area contributed by atoms with Gasteiger partial charge in [-0.1, -0.05) is 0 Å². The molecule has 2 aromatic rings. The Morgan fingerprint density at radius 2 is 1.38 bits per heavy atom. The zero-order valence-corrected chi connectivity index (χ0v) is 16.9. The third-order valence-electron chi connectivity index (χ3n) is 4.45. The molecule has 0 aromatic heterocycles.